The van der Waals surface area contributed by atoms with Crippen molar-refractivity contribution in [1.82, 2.24) is 0 Å². The fraction of sp³-hybridized carbons (Fsp3) is 0. The van der Waals surface area contributed by atoms with Gasteiger partial charge in [0.05, 0.1) is 14.7 Å². The summed E-state index contributed by atoms with van der Waals surface area (Å²) in [5.41, 5.74) is 0. The first-order valence-corrected chi connectivity index (χ1v) is 13.8. The summed E-state index contributed by atoms with van der Waals surface area (Å²) in [5.74, 6) is 0. The molecule has 0 spiro atoms. The molecule has 0 heterocycles. The van der Waals surface area contributed by atoms with Gasteiger partial charge in [0.25, 0.3) is 0 Å². The Bertz CT molecular complexity index is 1300. The number of hydrogen-bond acceptors (Lipinski definition) is 9. The standard InChI is InChI=1S/C18H15O9PS3.3Na/c19-29(20,21)16-7-1-4-13(10-16)28(14-5-2-8-17(11-14)30(22,23)24)15-6-3-9-18(12-15)31(25,26)27;;;/h1-12H,(H,19,20,21)(H,22,23,24)(H,25,26,27);;;/q;3*+1/p-3. The monoisotopic (exact) mass is 568 g/mol. The zero-order valence-electron chi connectivity index (χ0n) is 18.3. The molecule has 9 nitrogen and oxygen atoms in total. The van der Waals surface area contributed by atoms with Gasteiger partial charge in [0, 0.05) is 0 Å². The van der Waals surface area contributed by atoms with E-state index in [4.69, 9.17) is 0 Å². The van der Waals surface area contributed by atoms with Gasteiger partial charge in [-0.1, -0.05) is 36.4 Å². The van der Waals surface area contributed by atoms with Gasteiger partial charge in [0.2, 0.25) is 0 Å². The van der Waals surface area contributed by atoms with Crippen molar-refractivity contribution < 1.29 is 128 Å². The van der Waals surface area contributed by atoms with E-state index in [1.54, 1.807) is 0 Å². The number of benzene rings is 3. The number of hydrogen-bond donors (Lipinski definition) is 0. The van der Waals surface area contributed by atoms with Gasteiger partial charge in [-0.05, 0) is 60.2 Å². The van der Waals surface area contributed by atoms with Crippen LogP contribution in [-0.4, -0.2) is 38.9 Å². The first-order valence-electron chi connectivity index (χ1n) is 8.25. The van der Waals surface area contributed by atoms with Gasteiger partial charge in [-0.15, -0.1) is 0 Å². The molecule has 0 aliphatic carbocycles. The van der Waals surface area contributed by atoms with Crippen LogP contribution in [0.1, 0.15) is 0 Å². The Balaban J connectivity index is 0.00000363. The van der Waals surface area contributed by atoms with E-state index in [9.17, 15) is 38.9 Å². The van der Waals surface area contributed by atoms with E-state index in [1.165, 1.54) is 36.4 Å². The third-order valence-corrected chi connectivity index (χ3v) is 8.97. The summed E-state index contributed by atoms with van der Waals surface area (Å²) < 4.78 is 103. The van der Waals surface area contributed by atoms with Crippen LogP contribution in [0.4, 0.5) is 0 Å². The van der Waals surface area contributed by atoms with Crippen LogP contribution in [0.3, 0.4) is 0 Å². The van der Waals surface area contributed by atoms with Crippen molar-refractivity contribution in [3.8, 4) is 0 Å². The molecule has 0 unspecified atom stereocenters. The summed E-state index contributed by atoms with van der Waals surface area (Å²) >= 11 is 0. The van der Waals surface area contributed by atoms with Crippen molar-refractivity contribution in [2.75, 3.05) is 0 Å². The largest absolute Gasteiger partial charge is 1.00 e. The molecule has 16 heteroatoms. The van der Waals surface area contributed by atoms with Gasteiger partial charge in [-0.2, -0.15) is 0 Å². The second-order valence-electron chi connectivity index (χ2n) is 6.19. The van der Waals surface area contributed by atoms with Crippen LogP contribution in [-0.2, 0) is 30.4 Å². The summed E-state index contributed by atoms with van der Waals surface area (Å²) in [6.45, 7) is 0. The van der Waals surface area contributed by atoms with E-state index >= 15 is 0 Å². The Morgan fingerprint density at radius 2 is 0.706 bits per heavy atom. The van der Waals surface area contributed by atoms with Crippen LogP contribution in [0.15, 0.2) is 87.5 Å². The molecule has 0 saturated carbocycles. The van der Waals surface area contributed by atoms with Gasteiger partial charge in [-0.25, -0.2) is 25.3 Å². The number of rotatable bonds is 6. The third-order valence-electron chi connectivity index (χ3n) is 4.09. The van der Waals surface area contributed by atoms with Gasteiger partial charge >= 0.3 is 88.7 Å². The molecular formula is C18H12Na3O9PS3. The average molecular weight is 568 g/mol. The Hall–Kier alpha value is 0.820. The quantitative estimate of drug-likeness (QED) is 0.159. The van der Waals surface area contributed by atoms with Crippen LogP contribution < -0.4 is 105 Å². The minimum absolute atomic E-state index is 0. The van der Waals surface area contributed by atoms with Gasteiger partial charge in [0.15, 0.2) is 0 Å². The second-order valence-corrected chi connectivity index (χ2v) is 12.5. The summed E-state index contributed by atoms with van der Waals surface area (Å²) in [4.78, 5) is -1.63. The molecule has 0 radical (unpaired) electrons. The summed E-state index contributed by atoms with van der Waals surface area (Å²) in [7, 11) is -16.3. The molecular weight excluding hydrogens is 556 g/mol. The third kappa shape index (κ3) is 8.98. The first kappa shape index (κ1) is 34.8. The van der Waals surface area contributed by atoms with Crippen molar-refractivity contribution in [2.45, 2.75) is 14.7 Å². The maximum Gasteiger partial charge on any atom is 1.00 e. The Morgan fingerprint density at radius 3 is 0.912 bits per heavy atom. The molecule has 164 valence electrons. The second kappa shape index (κ2) is 13.6. The zero-order chi connectivity index (χ0) is 23.0. The maximum atomic E-state index is 11.5. The molecule has 0 N–H and O–H groups in total. The van der Waals surface area contributed by atoms with E-state index in [2.05, 4.69) is 0 Å². The Morgan fingerprint density at radius 1 is 0.471 bits per heavy atom. The van der Waals surface area contributed by atoms with Crippen LogP contribution in [0.25, 0.3) is 0 Å². The summed E-state index contributed by atoms with van der Waals surface area (Å²) in [5, 5.41) is 0.772. The topological polar surface area (TPSA) is 172 Å². The molecule has 34 heavy (non-hydrogen) atoms. The van der Waals surface area contributed by atoms with Crippen molar-refractivity contribution >= 4 is 54.2 Å². The zero-order valence-corrected chi connectivity index (χ0v) is 27.6. The molecule has 0 amide bonds. The molecule has 3 aromatic rings. The fourth-order valence-electron chi connectivity index (χ4n) is 2.78. The maximum absolute atomic E-state index is 11.5. The van der Waals surface area contributed by atoms with E-state index < -0.39 is 53.0 Å². The average Bonchev–Trinajstić information content (AvgIpc) is 2.67. The van der Waals surface area contributed by atoms with Crippen LogP contribution >= 0.6 is 7.92 Å². The van der Waals surface area contributed by atoms with E-state index in [0.29, 0.717) is 0 Å². The molecule has 0 bridgehead atoms. The normalized spacial score (nSPS) is 11.6. The molecule has 0 aromatic heterocycles. The van der Waals surface area contributed by atoms with E-state index in [-0.39, 0.29) is 105 Å². The first-order chi connectivity index (χ1) is 14.3. The molecule has 0 atom stereocenters. The van der Waals surface area contributed by atoms with Crippen LogP contribution in [0.2, 0.25) is 0 Å². The van der Waals surface area contributed by atoms with Gasteiger partial charge in [0.1, 0.15) is 30.4 Å². The minimum Gasteiger partial charge on any atom is -0.744 e. The van der Waals surface area contributed by atoms with Crippen molar-refractivity contribution in [3.63, 3.8) is 0 Å². The van der Waals surface area contributed by atoms with E-state index in [1.807, 2.05) is 0 Å². The Labute approximate surface area is 265 Å². The van der Waals surface area contributed by atoms with Crippen molar-refractivity contribution in [1.29, 1.82) is 0 Å². The fourth-order valence-corrected chi connectivity index (χ4v) is 7.00. The van der Waals surface area contributed by atoms with Gasteiger partial charge in [-0.3, -0.25) is 0 Å². The molecule has 0 aliphatic rings. The van der Waals surface area contributed by atoms with Gasteiger partial charge < -0.3 is 13.7 Å². The predicted octanol–water partition coefficient (Wildman–Crippen LogP) is -8.83. The van der Waals surface area contributed by atoms with Crippen LogP contribution in [0, 0.1) is 0 Å². The summed E-state index contributed by atoms with van der Waals surface area (Å²) in [6, 6.07) is 14.8. The predicted molar refractivity (Wildman–Crippen MR) is 109 cm³/mol. The molecule has 0 fully saturated rings. The molecule has 3 aromatic carbocycles. The molecule has 3 rings (SSSR count). The van der Waals surface area contributed by atoms with Crippen molar-refractivity contribution in [2.24, 2.45) is 0 Å². The molecule has 0 aliphatic heterocycles. The smallest absolute Gasteiger partial charge is 0.744 e. The SMILES string of the molecule is O=S(=O)([O-])c1cccc(P(c2cccc(S(=O)(=O)[O-])c2)c2cccc(S(=O)(=O)[O-])c2)c1.[Na+].[Na+].[Na+]. The van der Waals surface area contributed by atoms with E-state index in [0.717, 1.165) is 36.4 Å². The van der Waals surface area contributed by atoms with Crippen LogP contribution in [0.5, 0.6) is 0 Å². The molecule has 0 saturated heterocycles. The van der Waals surface area contributed by atoms with Crippen molar-refractivity contribution in [3.05, 3.63) is 72.8 Å². The minimum atomic E-state index is -4.82. The Kier molecular flexibility index (Phi) is 13.9. The summed E-state index contributed by atoms with van der Waals surface area (Å²) in [6.07, 6.45) is 0.